The fraction of sp³-hybridized carbons (Fsp3) is 0.765. The molecule has 0 aromatic rings. The number of ether oxygens (including phenoxy) is 5. The van der Waals surface area contributed by atoms with Gasteiger partial charge in [0.15, 0.2) is 5.76 Å². The molecule has 0 aromatic heterocycles. The van der Waals surface area contributed by atoms with Crippen molar-refractivity contribution in [3.8, 4) is 0 Å². The van der Waals surface area contributed by atoms with Crippen molar-refractivity contribution in [2.45, 2.75) is 47.3 Å². The first-order valence-corrected chi connectivity index (χ1v) is 8.24. The number of hydrogen-bond acceptors (Lipinski definition) is 5. The summed E-state index contributed by atoms with van der Waals surface area (Å²) in [6.07, 6.45) is 1.99. The molecule has 0 spiro atoms. The van der Waals surface area contributed by atoms with Crippen LogP contribution in [0.1, 0.15) is 41.5 Å². The van der Waals surface area contributed by atoms with Gasteiger partial charge in [0.1, 0.15) is 5.76 Å². The summed E-state index contributed by atoms with van der Waals surface area (Å²) in [5, 5.41) is 0. The predicted molar refractivity (Wildman–Crippen MR) is 85.1 cm³/mol. The Hall–Kier alpha value is -1.20. The maximum atomic E-state index is 5.99. The summed E-state index contributed by atoms with van der Waals surface area (Å²) in [6.45, 7) is 14.2. The highest BCUT2D eigenvalue weighted by Crippen LogP contribution is 2.42. The smallest absolute Gasteiger partial charge is 0.291 e. The van der Waals surface area contributed by atoms with Crippen LogP contribution in [0.5, 0.6) is 0 Å². The largest absolute Gasteiger partial charge is 0.494 e. The summed E-state index contributed by atoms with van der Waals surface area (Å²) >= 11 is 0. The van der Waals surface area contributed by atoms with Crippen LogP contribution >= 0.6 is 0 Å². The number of allylic oxidation sites excluding steroid dienone is 1. The Balaban J connectivity index is 3.43. The van der Waals surface area contributed by atoms with Crippen molar-refractivity contribution in [2.75, 3.05) is 33.0 Å². The van der Waals surface area contributed by atoms with E-state index in [1.54, 1.807) is 0 Å². The minimum absolute atomic E-state index is 0.0390. The zero-order valence-electron chi connectivity index (χ0n) is 14.7. The molecule has 0 saturated heterocycles. The fourth-order valence-electron chi connectivity index (χ4n) is 2.58. The maximum absolute atomic E-state index is 5.99. The van der Waals surface area contributed by atoms with Gasteiger partial charge in [-0.15, -0.1) is 0 Å². The molecule has 1 aliphatic carbocycles. The van der Waals surface area contributed by atoms with Crippen LogP contribution in [-0.4, -0.2) is 38.8 Å². The molecule has 0 aromatic carbocycles. The molecule has 22 heavy (non-hydrogen) atoms. The van der Waals surface area contributed by atoms with Gasteiger partial charge in [-0.1, -0.05) is 6.92 Å². The third-order valence-electron chi connectivity index (χ3n) is 3.25. The van der Waals surface area contributed by atoms with Crippen molar-refractivity contribution in [1.82, 2.24) is 0 Å². The molecule has 0 bridgehead atoms. The van der Waals surface area contributed by atoms with Crippen molar-refractivity contribution in [3.63, 3.8) is 0 Å². The second-order valence-corrected chi connectivity index (χ2v) is 4.79. The molecule has 1 aliphatic rings. The van der Waals surface area contributed by atoms with E-state index in [-0.39, 0.29) is 5.92 Å². The third-order valence-corrected chi connectivity index (χ3v) is 3.25. The van der Waals surface area contributed by atoms with Crippen molar-refractivity contribution < 1.29 is 23.7 Å². The van der Waals surface area contributed by atoms with Crippen LogP contribution in [0.4, 0.5) is 0 Å². The molecule has 0 N–H and O–H groups in total. The molecule has 1 unspecified atom stereocenters. The lowest BCUT2D eigenvalue weighted by molar-refractivity contribution is -0.229. The number of rotatable bonds is 10. The van der Waals surface area contributed by atoms with Gasteiger partial charge in [-0.05, 0) is 40.7 Å². The molecule has 1 rings (SSSR count). The summed E-state index contributed by atoms with van der Waals surface area (Å²) in [5.74, 6) is 0.830. The van der Waals surface area contributed by atoms with Gasteiger partial charge < -0.3 is 23.7 Å². The lowest BCUT2D eigenvalue weighted by Gasteiger charge is -2.40. The second kappa shape index (κ2) is 9.06. The summed E-state index contributed by atoms with van der Waals surface area (Å²) in [6, 6.07) is 0. The Morgan fingerprint density at radius 1 is 0.818 bits per heavy atom. The van der Waals surface area contributed by atoms with Crippen LogP contribution in [-0.2, 0) is 23.7 Å². The molecule has 1 atom stereocenters. The predicted octanol–water partition coefficient (Wildman–Crippen LogP) is 3.61. The van der Waals surface area contributed by atoms with Crippen molar-refractivity contribution in [3.05, 3.63) is 23.4 Å². The van der Waals surface area contributed by atoms with Gasteiger partial charge in [0.05, 0.1) is 19.8 Å². The minimum atomic E-state index is -1.16. The standard InChI is InChI=1S/C17H30O5/c1-7-18-14-12-13(6)15(19-8-2)16(20-9-3)17(14,21-10-4)22-11-5/h12-13H,7-11H2,1-6H3. The first-order chi connectivity index (χ1) is 10.6. The molecule has 0 heterocycles. The topological polar surface area (TPSA) is 46.2 Å². The Morgan fingerprint density at radius 2 is 1.36 bits per heavy atom. The maximum Gasteiger partial charge on any atom is 0.291 e. The van der Waals surface area contributed by atoms with E-state index in [9.17, 15) is 0 Å². The molecule has 0 amide bonds. The first-order valence-electron chi connectivity index (χ1n) is 8.24. The summed E-state index contributed by atoms with van der Waals surface area (Å²) < 4.78 is 29.5. The SMILES string of the molecule is CCOC1=CC(C)C(OCC)=C(OCC)C1(OCC)OCC. The van der Waals surface area contributed by atoms with Crippen LogP contribution in [0.25, 0.3) is 0 Å². The van der Waals surface area contributed by atoms with Crippen LogP contribution in [0.3, 0.4) is 0 Å². The molecule has 0 saturated carbocycles. The van der Waals surface area contributed by atoms with E-state index in [4.69, 9.17) is 23.7 Å². The van der Waals surface area contributed by atoms with Crippen LogP contribution in [0.2, 0.25) is 0 Å². The molecule has 0 fully saturated rings. The summed E-state index contributed by atoms with van der Waals surface area (Å²) in [5.41, 5.74) is 0. The van der Waals surface area contributed by atoms with Crippen molar-refractivity contribution >= 4 is 0 Å². The molecule has 0 radical (unpaired) electrons. The highest BCUT2D eigenvalue weighted by atomic mass is 16.7. The fourth-order valence-corrected chi connectivity index (χ4v) is 2.58. The zero-order valence-corrected chi connectivity index (χ0v) is 14.7. The van der Waals surface area contributed by atoms with Gasteiger partial charge in [-0.25, -0.2) is 0 Å². The van der Waals surface area contributed by atoms with E-state index in [2.05, 4.69) is 0 Å². The van der Waals surface area contributed by atoms with Crippen LogP contribution < -0.4 is 0 Å². The highest BCUT2D eigenvalue weighted by Gasteiger charge is 2.50. The van der Waals surface area contributed by atoms with Gasteiger partial charge in [0.2, 0.25) is 5.76 Å². The summed E-state index contributed by atoms with van der Waals surface area (Å²) in [4.78, 5) is 0. The van der Waals surface area contributed by atoms with Gasteiger partial charge in [-0.3, -0.25) is 0 Å². The van der Waals surface area contributed by atoms with Gasteiger partial charge in [-0.2, -0.15) is 0 Å². The molecular weight excluding hydrogens is 284 g/mol. The van der Waals surface area contributed by atoms with Gasteiger partial charge in [0.25, 0.3) is 5.79 Å². The Kier molecular flexibility index (Phi) is 7.76. The van der Waals surface area contributed by atoms with E-state index >= 15 is 0 Å². The second-order valence-electron chi connectivity index (χ2n) is 4.79. The molecule has 0 aliphatic heterocycles. The quantitative estimate of drug-likeness (QED) is 0.576. The van der Waals surface area contributed by atoms with E-state index in [0.29, 0.717) is 44.6 Å². The van der Waals surface area contributed by atoms with Crippen LogP contribution in [0.15, 0.2) is 23.4 Å². The zero-order chi connectivity index (χ0) is 16.6. The van der Waals surface area contributed by atoms with Crippen molar-refractivity contribution in [2.24, 2.45) is 5.92 Å². The molecule has 5 nitrogen and oxygen atoms in total. The average molecular weight is 314 g/mol. The van der Waals surface area contributed by atoms with Gasteiger partial charge >= 0.3 is 0 Å². The lowest BCUT2D eigenvalue weighted by Crippen LogP contribution is -2.46. The Morgan fingerprint density at radius 3 is 1.82 bits per heavy atom. The Labute approximate surface area is 134 Å². The summed E-state index contributed by atoms with van der Waals surface area (Å²) in [7, 11) is 0. The van der Waals surface area contributed by atoms with Crippen LogP contribution in [0, 0.1) is 5.92 Å². The molecule has 128 valence electrons. The molecule has 5 heteroatoms. The monoisotopic (exact) mass is 314 g/mol. The highest BCUT2D eigenvalue weighted by molar-refractivity contribution is 5.33. The normalized spacial score (nSPS) is 20.6. The van der Waals surface area contributed by atoms with E-state index < -0.39 is 5.79 Å². The average Bonchev–Trinajstić information content (AvgIpc) is 2.49. The van der Waals surface area contributed by atoms with E-state index in [0.717, 1.165) is 5.76 Å². The molecular formula is C17H30O5. The first kappa shape index (κ1) is 18.8. The van der Waals surface area contributed by atoms with E-state index in [1.807, 2.05) is 47.6 Å². The Bertz CT molecular complexity index is 394. The van der Waals surface area contributed by atoms with E-state index in [1.165, 1.54) is 0 Å². The number of hydrogen-bond donors (Lipinski definition) is 0. The third kappa shape index (κ3) is 3.76. The van der Waals surface area contributed by atoms with Crippen molar-refractivity contribution in [1.29, 1.82) is 0 Å². The lowest BCUT2D eigenvalue weighted by atomic mass is 9.94. The van der Waals surface area contributed by atoms with Gasteiger partial charge in [0, 0.05) is 19.1 Å². The minimum Gasteiger partial charge on any atom is -0.494 e.